The first-order valence-electron chi connectivity index (χ1n) is 9.51. The third-order valence-corrected chi connectivity index (χ3v) is 8.01. The number of allylic oxidation sites excluding steroid dienone is 4. The minimum atomic E-state index is -1.62. The molecule has 0 amide bonds. The van der Waals surface area contributed by atoms with Crippen LogP contribution >= 0.6 is 0 Å². The van der Waals surface area contributed by atoms with Gasteiger partial charge in [0.05, 0.1) is 0 Å². The molecule has 4 aliphatic carbocycles. The summed E-state index contributed by atoms with van der Waals surface area (Å²) in [6.07, 6.45) is 7.82. The van der Waals surface area contributed by atoms with Crippen molar-refractivity contribution in [2.75, 3.05) is 6.61 Å². The molecule has 3 saturated carbocycles. The molecule has 0 bridgehead atoms. The van der Waals surface area contributed by atoms with Crippen LogP contribution in [0.4, 0.5) is 0 Å². The number of carbonyl (C=O) groups excluding carboxylic acids is 3. The van der Waals surface area contributed by atoms with Gasteiger partial charge in [-0.25, -0.2) is 0 Å². The summed E-state index contributed by atoms with van der Waals surface area (Å²) < 4.78 is 0. The number of ketones is 3. The maximum absolute atomic E-state index is 13.3. The van der Waals surface area contributed by atoms with Gasteiger partial charge in [0.25, 0.3) is 0 Å². The van der Waals surface area contributed by atoms with Crippen molar-refractivity contribution in [1.82, 2.24) is 0 Å². The van der Waals surface area contributed by atoms with E-state index >= 15 is 0 Å². The van der Waals surface area contributed by atoms with Crippen LogP contribution in [0.3, 0.4) is 0 Å². The third kappa shape index (κ3) is 2.01. The Morgan fingerprint density at radius 3 is 2.69 bits per heavy atom. The van der Waals surface area contributed by atoms with Crippen LogP contribution in [0, 0.1) is 28.6 Å². The second kappa shape index (κ2) is 5.46. The molecule has 2 N–H and O–H groups in total. The van der Waals surface area contributed by atoms with Gasteiger partial charge in [0.15, 0.2) is 11.6 Å². The molecule has 140 valence electrons. The maximum atomic E-state index is 13.3. The fourth-order valence-corrected chi connectivity index (χ4v) is 6.62. The Kier molecular flexibility index (Phi) is 3.74. The number of rotatable bonds is 2. The van der Waals surface area contributed by atoms with Crippen LogP contribution in [-0.2, 0) is 14.4 Å². The first kappa shape index (κ1) is 17.8. The first-order chi connectivity index (χ1) is 12.2. The third-order valence-electron chi connectivity index (χ3n) is 8.01. The molecule has 3 fully saturated rings. The van der Waals surface area contributed by atoms with Gasteiger partial charge < -0.3 is 10.2 Å². The number of carbonyl (C=O) groups is 3. The van der Waals surface area contributed by atoms with Crippen molar-refractivity contribution in [2.24, 2.45) is 28.6 Å². The quantitative estimate of drug-likeness (QED) is 0.785. The number of Topliss-reactive ketones (excluding diaryl/α,β-unsaturated/α-hetero) is 2. The van der Waals surface area contributed by atoms with E-state index in [9.17, 15) is 24.6 Å². The lowest BCUT2D eigenvalue weighted by Crippen LogP contribution is -2.60. The van der Waals surface area contributed by atoms with Crippen LogP contribution in [-0.4, -0.2) is 39.8 Å². The van der Waals surface area contributed by atoms with Gasteiger partial charge in [-0.1, -0.05) is 25.5 Å². The van der Waals surface area contributed by atoms with E-state index in [1.807, 2.05) is 19.9 Å². The van der Waals surface area contributed by atoms with E-state index in [0.717, 1.165) is 18.4 Å². The summed E-state index contributed by atoms with van der Waals surface area (Å²) >= 11 is 0. The average Bonchev–Trinajstić information content (AvgIpc) is 2.86. The average molecular weight is 358 g/mol. The van der Waals surface area contributed by atoms with Crippen molar-refractivity contribution in [3.05, 3.63) is 23.8 Å². The van der Waals surface area contributed by atoms with Crippen molar-refractivity contribution in [3.8, 4) is 0 Å². The Bertz CT molecular complexity index is 764. The monoisotopic (exact) mass is 358 g/mol. The van der Waals surface area contributed by atoms with Crippen molar-refractivity contribution in [2.45, 2.75) is 51.6 Å². The number of aliphatic hydroxyl groups is 2. The van der Waals surface area contributed by atoms with E-state index in [4.69, 9.17) is 0 Å². The van der Waals surface area contributed by atoms with Gasteiger partial charge in [-0.15, -0.1) is 0 Å². The number of hydrogen-bond donors (Lipinski definition) is 2. The van der Waals surface area contributed by atoms with Crippen molar-refractivity contribution < 1.29 is 24.6 Å². The van der Waals surface area contributed by atoms with Crippen LogP contribution in [0.25, 0.3) is 0 Å². The number of fused-ring (bicyclic) bond motifs is 5. The molecule has 0 aromatic heterocycles. The molecule has 5 heteroatoms. The normalized spacial score (nSPS) is 47.1. The van der Waals surface area contributed by atoms with Crippen LogP contribution in [0.5, 0.6) is 0 Å². The molecule has 0 aliphatic heterocycles. The summed E-state index contributed by atoms with van der Waals surface area (Å²) in [6.45, 7) is 3.19. The summed E-state index contributed by atoms with van der Waals surface area (Å²) in [4.78, 5) is 37.4. The first-order valence-corrected chi connectivity index (χ1v) is 9.51. The zero-order chi connectivity index (χ0) is 18.9. The van der Waals surface area contributed by atoms with Gasteiger partial charge in [-0.2, -0.15) is 0 Å². The molecule has 0 heterocycles. The lowest BCUT2D eigenvalue weighted by molar-refractivity contribution is -0.168. The van der Waals surface area contributed by atoms with Gasteiger partial charge in [-0.3, -0.25) is 14.4 Å². The second-order valence-corrected chi connectivity index (χ2v) is 9.02. The number of hydrogen-bond acceptors (Lipinski definition) is 5. The summed E-state index contributed by atoms with van der Waals surface area (Å²) in [7, 11) is 0. The lowest BCUT2D eigenvalue weighted by atomic mass is 9.46. The Labute approximate surface area is 153 Å². The van der Waals surface area contributed by atoms with E-state index in [-0.39, 0.29) is 35.7 Å². The Balaban J connectivity index is 1.76. The molecule has 0 saturated heterocycles. The molecule has 0 radical (unpaired) electrons. The highest BCUT2D eigenvalue weighted by Gasteiger charge is 2.68. The van der Waals surface area contributed by atoms with E-state index < -0.39 is 28.8 Å². The Morgan fingerprint density at radius 2 is 2.00 bits per heavy atom. The minimum Gasteiger partial charge on any atom is -0.388 e. The fraction of sp³-hybridized carbons (Fsp3) is 0.667. The summed E-state index contributed by atoms with van der Waals surface area (Å²) in [5.74, 6) is -0.590. The smallest absolute Gasteiger partial charge is 0.190 e. The highest BCUT2D eigenvalue weighted by molar-refractivity contribution is 6.02. The molecule has 0 aromatic carbocycles. The Morgan fingerprint density at radius 1 is 1.27 bits per heavy atom. The molecule has 6 atom stereocenters. The molecule has 5 nitrogen and oxygen atoms in total. The highest BCUT2D eigenvalue weighted by atomic mass is 16.3. The molecular formula is C21H26O5. The molecule has 0 unspecified atom stereocenters. The van der Waals surface area contributed by atoms with Gasteiger partial charge in [0, 0.05) is 23.2 Å². The van der Waals surface area contributed by atoms with Crippen LogP contribution < -0.4 is 0 Å². The van der Waals surface area contributed by atoms with E-state index in [0.29, 0.717) is 12.8 Å². The molecule has 4 rings (SSSR count). The topological polar surface area (TPSA) is 91.7 Å². The van der Waals surface area contributed by atoms with Crippen molar-refractivity contribution in [1.29, 1.82) is 0 Å². The maximum Gasteiger partial charge on any atom is 0.190 e. The molecule has 26 heavy (non-hydrogen) atoms. The van der Waals surface area contributed by atoms with E-state index in [2.05, 4.69) is 0 Å². The summed E-state index contributed by atoms with van der Waals surface area (Å²) in [5, 5.41) is 20.5. The Hall–Kier alpha value is -1.59. The van der Waals surface area contributed by atoms with E-state index in [1.54, 1.807) is 12.2 Å². The minimum absolute atomic E-state index is 0.0206. The van der Waals surface area contributed by atoms with Gasteiger partial charge in [0.1, 0.15) is 18.0 Å². The predicted octanol–water partition coefficient (Wildman–Crippen LogP) is 1.77. The zero-order valence-corrected chi connectivity index (χ0v) is 15.3. The van der Waals surface area contributed by atoms with Gasteiger partial charge in [0.2, 0.25) is 0 Å². The fourth-order valence-electron chi connectivity index (χ4n) is 6.62. The second-order valence-electron chi connectivity index (χ2n) is 9.02. The number of aliphatic hydroxyl groups excluding tert-OH is 1. The molecule has 0 spiro atoms. The lowest BCUT2D eigenvalue weighted by Gasteiger charge is -2.56. The summed E-state index contributed by atoms with van der Waals surface area (Å²) in [6, 6.07) is 0. The van der Waals surface area contributed by atoms with Crippen molar-refractivity contribution >= 4 is 17.3 Å². The van der Waals surface area contributed by atoms with Crippen LogP contribution in [0.15, 0.2) is 23.8 Å². The van der Waals surface area contributed by atoms with Crippen LogP contribution in [0.1, 0.15) is 46.0 Å². The summed E-state index contributed by atoms with van der Waals surface area (Å²) in [5.41, 5.74) is -1.86. The van der Waals surface area contributed by atoms with Crippen LogP contribution in [0.2, 0.25) is 0 Å². The zero-order valence-electron chi connectivity index (χ0n) is 15.3. The molecule has 4 aliphatic rings. The SMILES string of the molecule is C[C@]12C=CC(=O)C=C1CC[C@H]1[C@H]2C(=O)C[C@]2(C)[C@@H]1CC[C@@]2(O)C(=O)CO. The highest BCUT2D eigenvalue weighted by Crippen LogP contribution is 2.66. The van der Waals surface area contributed by atoms with E-state index in [1.165, 1.54) is 0 Å². The van der Waals surface area contributed by atoms with Gasteiger partial charge >= 0.3 is 0 Å². The molecular weight excluding hydrogens is 332 g/mol. The largest absolute Gasteiger partial charge is 0.388 e. The van der Waals surface area contributed by atoms with Gasteiger partial charge in [-0.05, 0) is 49.7 Å². The molecule has 0 aromatic rings. The van der Waals surface area contributed by atoms with Crippen molar-refractivity contribution in [3.63, 3.8) is 0 Å². The standard InChI is InChI=1S/C21H26O5/c1-19-7-5-13(23)9-12(19)3-4-14-15-6-8-21(26,17(25)11-22)20(15,2)10-16(24)18(14)19/h5,7,9,14-15,18,22,26H,3-4,6,8,10-11H2,1-2H3/t14-,15-,18+,19+,20-,21-/m1/s1. The predicted molar refractivity (Wildman–Crippen MR) is 94.0 cm³/mol.